The number of rotatable bonds is 6. The fraction of sp³-hybridized carbons (Fsp3) is 0.875. The molecule has 0 aromatic carbocycles. The predicted octanol–water partition coefficient (Wildman–Crippen LogP) is 0.421. The lowest BCUT2D eigenvalue weighted by atomic mass is 9.83. The zero-order chi connectivity index (χ0) is 17.9. The van der Waals surface area contributed by atoms with Crippen LogP contribution in [0.4, 0.5) is 0 Å². The predicted molar refractivity (Wildman–Crippen MR) is 91.7 cm³/mol. The highest BCUT2D eigenvalue weighted by molar-refractivity contribution is 7.88. The van der Waals surface area contributed by atoms with E-state index in [1.54, 1.807) is 4.90 Å². The first kappa shape index (κ1) is 19.2. The minimum absolute atomic E-state index is 0.188. The molecule has 0 radical (unpaired) electrons. The lowest BCUT2D eigenvalue weighted by Gasteiger charge is -2.47. The van der Waals surface area contributed by atoms with Crippen LogP contribution >= 0.6 is 0 Å². The van der Waals surface area contributed by atoms with Crippen LogP contribution in [0.2, 0.25) is 0 Å². The largest absolute Gasteiger partial charge is 0.341 e. The number of hydrogen-bond donors (Lipinski definition) is 1. The second-order valence-corrected chi connectivity index (χ2v) is 9.19. The number of nitrogens with one attached hydrogen (secondary N) is 1. The van der Waals surface area contributed by atoms with Crippen molar-refractivity contribution in [1.82, 2.24) is 14.5 Å². The summed E-state index contributed by atoms with van der Waals surface area (Å²) in [4.78, 5) is 28.2. The molecule has 8 heteroatoms. The van der Waals surface area contributed by atoms with Gasteiger partial charge in [-0.1, -0.05) is 13.8 Å². The third-order valence-corrected chi connectivity index (χ3v) is 5.60. The van der Waals surface area contributed by atoms with Crippen molar-refractivity contribution >= 4 is 21.8 Å². The number of hydrogen-bond acceptors (Lipinski definition) is 4. The second-order valence-electron chi connectivity index (χ2n) is 7.36. The highest BCUT2D eigenvalue weighted by Crippen LogP contribution is 2.31. The number of likely N-dealkylation sites (tertiary alicyclic amines) is 2. The minimum Gasteiger partial charge on any atom is -0.341 e. The number of fused-ring (bicyclic) bond motifs is 1. The minimum atomic E-state index is -3.36. The van der Waals surface area contributed by atoms with Gasteiger partial charge in [-0.05, 0) is 31.1 Å². The molecule has 24 heavy (non-hydrogen) atoms. The summed E-state index contributed by atoms with van der Waals surface area (Å²) < 4.78 is 24.5. The molecule has 2 aliphatic heterocycles. The summed E-state index contributed by atoms with van der Waals surface area (Å²) in [5, 5.41) is 0. The quantitative estimate of drug-likeness (QED) is 0.745. The van der Waals surface area contributed by atoms with Crippen LogP contribution in [-0.2, 0) is 19.6 Å². The Hall–Kier alpha value is -1.15. The van der Waals surface area contributed by atoms with Crippen molar-refractivity contribution in [2.45, 2.75) is 45.6 Å². The van der Waals surface area contributed by atoms with E-state index < -0.39 is 10.0 Å². The summed E-state index contributed by atoms with van der Waals surface area (Å²) in [5.74, 6) is 0.896. The zero-order valence-corrected chi connectivity index (χ0v) is 15.6. The van der Waals surface area contributed by atoms with Crippen molar-refractivity contribution in [1.29, 1.82) is 0 Å². The molecule has 7 nitrogen and oxygen atoms in total. The van der Waals surface area contributed by atoms with E-state index in [9.17, 15) is 18.0 Å². The van der Waals surface area contributed by atoms with Crippen LogP contribution in [0.25, 0.3) is 0 Å². The monoisotopic (exact) mass is 359 g/mol. The summed E-state index contributed by atoms with van der Waals surface area (Å²) in [6.45, 7) is 6.11. The van der Waals surface area contributed by atoms with Gasteiger partial charge < -0.3 is 9.80 Å². The van der Waals surface area contributed by atoms with Crippen molar-refractivity contribution < 1.29 is 18.0 Å². The van der Waals surface area contributed by atoms with Crippen LogP contribution in [0.15, 0.2) is 0 Å². The third-order valence-electron chi connectivity index (χ3n) is 4.93. The summed E-state index contributed by atoms with van der Waals surface area (Å²) in [7, 11) is -3.36. The van der Waals surface area contributed by atoms with Gasteiger partial charge in [0.1, 0.15) is 0 Å². The molecule has 138 valence electrons. The average Bonchev–Trinajstić information content (AvgIpc) is 2.50. The van der Waals surface area contributed by atoms with Crippen LogP contribution in [0.5, 0.6) is 0 Å². The Bertz CT molecular complexity index is 576. The molecule has 2 unspecified atom stereocenters. The van der Waals surface area contributed by atoms with Crippen LogP contribution in [0, 0.1) is 11.8 Å². The lowest BCUT2D eigenvalue weighted by molar-refractivity contribution is -0.144. The molecule has 1 N–H and O–H groups in total. The molecular weight excluding hydrogens is 330 g/mol. The summed E-state index contributed by atoms with van der Waals surface area (Å²) in [6, 6.07) is 0.219. The molecule has 0 saturated carbocycles. The number of sulfonamides is 1. The maximum Gasteiger partial charge on any atom is 0.237 e. The average molecular weight is 359 g/mol. The highest BCUT2D eigenvalue weighted by Gasteiger charge is 2.40. The fourth-order valence-corrected chi connectivity index (χ4v) is 3.96. The van der Waals surface area contributed by atoms with Crippen LogP contribution in [-0.4, -0.2) is 68.5 Å². The molecule has 0 aliphatic carbocycles. The van der Waals surface area contributed by atoms with Crippen LogP contribution in [0.1, 0.15) is 39.5 Å². The van der Waals surface area contributed by atoms with Gasteiger partial charge >= 0.3 is 0 Å². The molecule has 0 spiro atoms. The molecule has 2 heterocycles. The normalized spacial score (nSPS) is 25.1. The fourth-order valence-electron chi connectivity index (χ4n) is 3.57. The lowest BCUT2D eigenvalue weighted by Crippen LogP contribution is -2.57. The third kappa shape index (κ3) is 5.17. The molecule has 2 amide bonds. The number of amides is 2. The van der Waals surface area contributed by atoms with Crippen molar-refractivity contribution in [2.75, 3.05) is 32.4 Å². The molecule has 0 aromatic heterocycles. The number of nitrogens with zero attached hydrogens (tertiary/aromatic N) is 2. The summed E-state index contributed by atoms with van der Waals surface area (Å²) in [6.07, 6.45) is 4.18. The van der Waals surface area contributed by atoms with E-state index >= 15 is 0 Å². The van der Waals surface area contributed by atoms with Gasteiger partial charge in [-0.15, -0.1) is 0 Å². The standard InChI is InChI=1S/C16H29N3O4S/c1-12(2)6-9-19-14-7-8-18(11-13(14)4-5-15(19)20)16(21)10-17-24(3,22)23/h12-14,17H,4-11H2,1-3H3. The maximum atomic E-state index is 12.3. The van der Waals surface area contributed by atoms with Gasteiger partial charge in [-0.25, -0.2) is 13.1 Å². The van der Waals surface area contributed by atoms with Gasteiger partial charge in [-0.3, -0.25) is 9.59 Å². The van der Waals surface area contributed by atoms with Gasteiger partial charge in [0.05, 0.1) is 12.8 Å². The first-order chi connectivity index (χ1) is 11.2. The van der Waals surface area contributed by atoms with E-state index in [0.717, 1.165) is 32.1 Å². The van der Waals surface area contributed by atoms with Gasteiger partial charge in [0.2, 0.25) is 21.8 Å². The first-order valence-corrected chi connectivity index (χ1v) is 10.6. The van der Waals surface area contributed by atoms with Gasteiger partial charge in [0.15, 0.2) is 0 Å². The van der Waals surface area contributed by atoms with Crippen molar-refractivity contribution in [3.8, 4) is 0 Å². The Kier molecular flexibility index (Phi) is 6.25. The molecule has 2 aliphatic rings. The molecule has 2 saturated heterocycles. The maximum absolute atomic E-state index is 12.3. The van der Waals surface area contributed by atoms with Gasteiger partial charge in [0, 0.05) is 32.1 Å². The van der Waals surface area contributed by atoms with Gasteiger partial charge in [-0.2, -0.15) is 0 Å². The van der Waals surface area contributed by atoms with E-state index in [4.69, 9.17) is 0 Å². The summed E-state index contributed by atoms with van der Waals surface area (Å²) in [5.41, 5.74) is 0. The Labute approximate surface area is 144 Å². The topological polar surface area (TPSA) is 86.8 Å². The molecule has 2 atom stereocenters. The molecule has 2 fully saturated rings. The van der Waals surface area contributed by atoms with Crippen molar-refractivity contribution in [3.63, 3.8) is 0 Å². The molecular formula is C16H29N3O4S. The number of carbonyl (C=O) groups excluding carboxylic acids is 2. The number of carbonyl (C=O) groups is 2. The first-order valence-electron chi connectivity index (χ1n) is 8.69. The Morgan fingerprint density at radius 1 is 1.33 bits per heavy atom. The number of piperidine rings is 2. The Morgan fingerprint density at radius 2 is 2.04 bits per heavy atom. The van der Waals surface area contributed by atoms with E-state index in [1.807, 2.05) is 4.90 Å². The van der Waals surface area contributed by atoms with E-state index in [-0.39, 0.29) is 24.4 Å². The van der Waals surface area contributed by atoms with Crippen LogP contribution in [0.3, 0.4) is 0 Å². The second kappa shape index (κ2) is 7.82. The van der Waals surface area contributed by atoms with Crippen molar-refractivity contribution in [2.24, 2.45) is 11.8 Å². The zero-order valence-electron chi connectivity index (χ0n) is 14.8. The molecule has 2 rings (SSSR count). The van der Waals surface area contributed by atoms with E-state index in [2.05, 4.69) is 18.6 Å². The van der Waals surface area contributed by atoms with Crippen molar-refractivity contribution in [3.05, 3.63) is 0 Å². The van der Waals surface area contributed by atoms with Crippen LogP contribution < -0.4 is 4.72 Å². The molecule has 0 aromatic rings. The van der Waals surface area contributed by atoms with E-state index in [0.29, 0.717) is 31.3 Å². The Balaban J connectivity index is 1.93. The SMILES string of the molecule is CC(C)CCN1C(=O)CCC2CN(C(=O)CNS(C)(=O)=O)CCC21. The Morgan fingerprint density at radius 3 is 2.67 bits per heavy atom. The highest BCUT2D eigenvalue weighted by atomic mass is 32.2. The van der Waals surface area contributed by atoms with E-state index in [1.165, 1.54) is 0 Å². The molecule has 0 bridgehead atoms. The summed E-state index contributed by atoms with van der Waals surface area (Å²) >= 11 is 0. The smallest absolute Gasteiger partial charge is 0.237 e. The van der Waals surface area contributed by atoms with Gasteiger partial charge in [0.25, 0.3) is 0 Å².